The SMILES string of the molecule is CCCCC(=S)[S-].CCCCC(=S)[S-].[Ni+2]. The van der Waals surface area contributed by atoms with E-state index in [4.69, 9.17) is 0 Å². The van der Waals surface area contributed by atoms with Crippen molar-refractivity contribution in [3.63, 3.8) is 0 Å². The third-order valence-electron chi connectivity index (χ3n) is 1.47. The molecule has 0 saturated carbocycles. The Balaban J connectivity index is -0.000000180. The Labute approximate surface area is 126 Å². The van der Waals surface area contributed by atoms with Crippen LogP contribution >= 0.6 is 24.4 Å². The number of rotatable bonds is 6. The predicted octanol–water partition coefficient (Wildman–Crippen LogP) is 4.10. The summed E-state index contributed by atoms with van der Waals surface area (Å²) >= 11 is 18.7. The maximum atomic E-state index is 4.68. The summed E-state index contributed by atoms with van der Waals surface area (Å²) in [6.45, 7) is 4.27. The van der Waals surface area contributed by atoms with Crippen molar-refractivity contribution in [3.05, 3.63) is 0 Å². The van der Waals surface area contributed by atoms with Gasteiger partial charge in [0.2, 0.25) is 0 Å². The van der Waals surface area contributed by atoms with Gasteiger partial charge in [-0.05, 0) is 12.8 Å². The van der Waals surface area contributed by atoms with Crippen LogP contribution < -0.4 is 0 Å². The fraction of sp³-hybridized carbons (Fsp3) is 0.800. The fourth-order valence-corrected chi connectivity index (χ4v) is 1.22. The topological polar surface area (TPSA) is 0 Å². The van der Waals surface area contributed by atoms with Gasteiger partial charge in [0.15, 0.2) is 0 Å². The van der Waals surface area contributed by atoms with Crippen LogP contribution in [0.15, 0.2) is 0 Å². The van der Waals surface area contributed by atoms with Gasteiger partial charge in [0, 0.05) is 0 Å². The van der Waals surface area contributed by atoms with Gasteiger partial charge in [-0.3, -0.25) is 0 Å². The molecule has 0 amide bonds. The van der Waals surface area contributed by atoms with Gasteiger partial charge in [-0.2, -0.15) is 8.39 Å². The van der Waals surface area contributed by atoms with E-state index in [1.807, 2.05) is 0 Å². The molecule has 0 aromatic carbocycles. The molecule has 0 spiro atoms. The summed E-state index contributed by atoms with van der Waals surface area (Å²) in [5.41, 5.74) is 0. The Morgan fingerprint density at radius 3 is 1.20 bits per heavy atom. The number of thiocarbonyl (C=S) groups is 2. The second-order valence-corrected chi connectivity index (χ2v) is 5.44. The molecule has 0 aliphatic heterocycles. The van der Waals surface area contributed by atoms with Gasteiger partial charge in [0.25, 0.3) is 0 Å². The zero-order valence-electron chi connectivity index (χ0n) is 9.19. The van der Waals surface area contributed by atoms with Crippen LogP contribution in [0.3, 0.4) is 0 Å². The molecule has 0 atom stereocenters. The number of unbranched alkanes of at least 4 members (excludes halogenated alkanes) is 2. The second kappa shape index (κ2) is 17.5. The van der Waals surface area contributed by atoms with Crippen LogP contribution in [-0.4, -0.2) is 8.39 Å². The molecule has 0 heterocycles. The molecular weight excluding hydrogens is 307 g/mol. The van der Waals surface area contributed by atoms with Crippen LogP contribution in [0, 0.1) is 0 Å². The number of hydrogen-bond acceptors (Lipinski definition) is 4. The van der Waals surface area contributed by atoms with Crippen molar-refractivity contribution in [2.45, 2.75) is 52.4 Å². The van der Waals surface area contributed by atoms with Gasteiger partial charge >= 0.3 is 16.5 Å². The molecule has 0 fully saturated rings. The van der Waals surface area contributed by atoms with Crippen LogP contribution in [0.5, 0.6) is 0 Å². The van der Waals surface area contributed by atoms with Gasteiger partial charge in [-0.1, -0.05) is 39.5 Å². The molecule has 0 unspecified atom stereocenters. The molecule has 0 saturated heterocycles. The van der Waals surface area contributed by atoms with Gasteiger partial charge in [-0.25, -0.2) is 0 Å². The fourth-order valence-electron chi connectivity index (χ4n) is 0.642. The first-order valence-corrected chi connectivity index (χ1v) is 6.57. The van der Waals surface area contributed by atoms with E-state index in [9.17, 15) is 0 Å². The number of hydrogen-bond donors (Lipinski definition) is 0. The molecule has 0 rings (SSSR count). The largest absolute Gasteiger partial charge is 2.00 e. The molecule has 0 aliphatic carbocycles. The Bertz CT molecular complexity index is 142. The van der Waals surface area contributed by atoms with Gasteiger partial charge in [0.1, 0.15) is 0 Å². The van der Waals surface area contributed by atoms with Crippen LogP contribution in [0.2, 0.25) is 0 Å². The molecule has 0 aromatic rings. The van der Waals surface area contributed by atoms with Crippen molar-refractivity contribution < 1.29 is 16.5 Å². The van der Waals surface area contributed by atoms with Crippen molar-refractivity contribution in [2.75, 3.05) is 0 Å². The van der Waals surface area contributed by atoms with Crippen molar-refractivity contribution in [2.24, 2.45) is 0 Å². The smallest absolute Gasteiger partial charge is 0.433 e. The normalized spacial score (nSPS) is 8.13. The Morgan fingerprint density at radius 2 is 1.13 bits per heavy atom. The van der Waals surface area contributed by atoms with E-state index in [1.54, 1.807) is 0 Å². The molecule has 92 valence electrons. The molecule has 0 aliphatic rings. The summed E-state index contributed by atoms with van der Waals surface area (Å²) in [6.07, 6.45) is 6.58. The van der Waals surface area contributed by atoms with E-state index in [-0.39, 0.29) is 16.5 Å². The van der Waals surface area contributed by atoms with Crippen LogP contribution in [0.4, 0.5) is 0 Å². The summed E-state index contributed by atoms with van der Waals surface area (Å²) < 4.78 is 1.45. The molecular formula is C10H18NiS4. The Kier molecular flexibility index (Phi) is 25.0. The average Bonchev–Trinajstić information content (AvgIpc) is 2.12. The molecule has 15 heavy (non-hydrogen) atoms. The van der Waals surface area contributed by atoms with Crippen LogP contribution in [0.1, 0.15) is 52.4 Å². The van der Waals surface area contributed by atoms with E-state index in [1.165, 1.54) is 12.8 Å². The minimum atomic E-state index is 0. The van der Waals surface area contributed by atoms with Gasteiger partial charge < -0.3 is 49.7 Å². The maximum Gasteiger partial charge on any atom is 2.00 e. The summed E-state index contributed by atoms with van der Waals surface area (Å²) in [4.78, 5) is 0. The molecule has 0 aromatic heterocycles. The molecule has 0 N–H and O–H groups in total. The van der Waals surface area contributed by atoms with E-state index in [0.717, 1.165) is 34.1 Å². The van der Waals surface area contributed by atoms with Crippen molar-refractivity contribution in [1.82, 2.24) is 0 Å². The Morgan fingerprint density at radius 1 is 0.867 bits per heavy atom. The second-order valence-electron chi connectivity index (χ2n) is 2.95. The molecule has 0 bridgehead atoms. The minimum Gasteiger partial charge on any atom is -0.433 e. The zero-order valence-corrected chi connectivity index (χ0v) is 13.4. The molecule has 5 heteroatoms. The summed E-state index contributed by atoms with van der Waals surface area (Å²) in [7, 11) is 0. The summed E-state index contributed by atoms with van der Waals surface area (Å²) in [6, 6.07) is 0. The molecule has 0 radical (unpaired) electrons. The third-order valence-corrected chi connectivity index (χ3v) is 2.29. The standard InChI is InChI=1S/2C5H10S2.Ni/c2*1-2-3-4-5(6)7;/h2*2-4H2,1H3,(H,6,7);/q;;+2/p-2. The van der Waals surface area contributed by atoms with Crippen molar-refractivity contribution >= 4 is 58.1 Å². The van der Waals surface area contributed by atoms with Crippen LogP contribution in [-0.2, 0) is 41.7 Å². The van der Waals surface area contributed by atoms with Gasteiger partial charge in [-0.15, -0.1) is 0 Å². The first-order valence-electron chi connectivity index (χ1n) is 4.94. The Hall–Kier alpha value is 1.11. The quantitative estimate of drug-likeness (QED) is 0.409. The van der Waals surface area contributed by atoms with E-state index in [2.05, 4.69) is 63.5 Å². The molecule has 0 nitrogen and oxygen atoms in total. The average molecular weight is 325 g/mol. The van der Waals surface area contributed by atoms with Crippen molar-refractivity contribution in [1.29, 1.82) is 0 Å². The third kappa shape index (κ3) is 31.3. The van der Waals surface area contributed by atoms with Crippen LogP contribution in [0.25, 0.3) is 0 Å². The predicted molar refractivity (Wildman–Crippen MR) is 79.0 cm³/mol. The maximum absolute atomic E-state index is 4.68. The first-order chi connectivity index (χ1) is 6.54. The zero-order chi connectivity index (χ0) is 11.4. The van der Waals surface area contributed by atoms with E-state index in [0.29, 0.717) is 0 Å². The van der Waals surface area contributed by atoms with Gasteiger partial charge in [0.05, 0.1) is 0 Å². The van der Waals surface area contributed by atoms with Crippen molar-refractivity contribution in [3.8, 4) is 0 Å². The first kappa shape index (κ1) is 21.4. The minimum absolute atomic E-state index is 0. The van der Waals surface area contributed by atoms with E-state index >= 15 is 0 Å². The summed E-state index contributed by atoms with van der Waals surface area (Å²) in [5.74, 6) is 0. The summed E-state index contributed by atoms with van der Waals surface area (Å²) in [5, 5.41) is 0. The monoisotopic (exact) mass is 324 g/mol. The van der Waals surface area contributed by atoms with E-state index < -0.39 is 0 Å².